The molecule has 29 heavy (non-hydrogen) atoms. The predicted molar refractivity (Wildman–Crippen MR) is 112 cm³/mol. The SMILES string of the molecule is Cc1cc(O)cc(O)c1/C=N/NC(=O)[C@@H]1CC1(c1ccccc1)c1ccccc1. The van der Waals surface area contributed by atoms with Crippen LogP contribution in [0.2, 0.25) is 0 Å². The van der Waals surface area contributed by atoms with Gasteiger partial charge in [0.2, 0.25) is 5.91 Å². The fraction of sp³-hybridized carbons (Fsp3) is 0.167. The molecule has 0 radical (unpaired) electrons. The minimum atomic E-state index is -0.348. The van der Waals surface area contributed by atoms with Crippen molar-refractivity contribution in [2.45, 2.75) is 18.8 Å². The molecule has 5 heteroatoms. The lowest BCUT2D eigenvalue weighted by atomic mass is 9.85. The van der Waals surface area contributed by atoms with E-state index in [9.17, 15) is 15.0 Å². The summed E-state index contributed by atoms with van der Waals surface area (Å²) in [5.74, 6) is -0.492. The van der Waals surface area contributed by atoms with E-state index in [2.05, 4.69) is 34.8 Å². The molecule has 0 aromatic heterocycles. The Hall–Kier alpha value is -3.60. The van der Waals surface area contributed by atoms with Gasteiger partial charge < -0.3 is 10.2 Å². The van der Waals surface area contributed by atoms with Crippen molar-refractivity contribution in [1.82, 2.24) is 5.43 Å². The summed E-state index contributed by atoms with van der Waals surface area (Å²) in [6.07, 6.45) is 2.11. The van der Waals surface area contributed by atoms with Crippen LogP contribution in [0.3, 0.4) is 0 Å². The van der Waals surface area contributed by atoms with Gasteiger partial charge in [-0.1, -0.05) is 60.7 Å². The highest BCUT2D eigenvalue weighted by Gasteiger charge is 2.60. The monoisotopic (exact) mass is 386 g/mol. The fourth-order valence-corrected chi connectivity index (χ4v) is 4.02. The summed E-state index contributed by atoms with van der Waals surface area (Å²) >= 11 is 0. The van der Waals surface area contributed by atoms with Crippen molar-refractivity contribution >= 4 is 12.1 Å². The van der Waals surface area contributed by atoms with E-state index in [1.807, 2.05) is 36.4 Å². The number of benzene rings is 3. The molecule has 1 aliphatic carbocycles. The lowest BCUT2D eigenvalue weighted by molar-refractivity contribution is -0.122. The number of phenols is 2. The smallest absolute Gasteiger partial charge is 0.244 e. The highest BCUT2D eigenvalue weighted by molar-refractivity contribution is 5.89. The fourth-order valence-electron chi connectivity index (χ4n) is 4.02. The van der Waals surface area contributed by atoms with Crippen LogP contribution in [0.25, 0.3) is 0 Å². The predicted octanol–water partition coefficient (Wildman–Crippen LogP) is 3.86. The number of nitrogens with one attached hydrogen (secondary N) is 1. The molecule has 1 saturated carbocycles. The van der Waals surface area contributed by atoms with Crippen LogP contribution in [0.4, 0.5) is 0 Å². The van der Waals surface area contributed by atoms with Gasteiger partial charge in [0.15, 0.2) is 0 Å². The zero-order valence-electron chi connectivity index (χ0n) is 16.0. The summed E-state index contributed by atoms with van der Waals surface area (Å²) < 4.78 is 0. The molecular weight excluding hydrogens is 364 g/mol. The van der Waals surface area contributed by atoms with Crippen LogP contribution < -0.4 is 5.43 Å². The summed E-state index contributed by atoms with van der Waals surface area (Å²) in [6.45, 7) is 1.75. The van der Waals surface area contributed by atoms with Crippen molar-refractivity contribution in [2.75, 3.05) is 0 Å². The van der Waals surface area contributed by atoms with Crippen molar-refractivity contribution in [3.63, 3.8) is 0 Å². The van der Waals surface area contributed by atoms with E-state index in [0.717, 1.165) is 11.1 Å². The Kier molecular flexibility index (Phi) is 4.80. The van der Waals surface area contributed by atoms with Gasteiger partial charge >= 0.3 is 0 Å². The van der Waals surface area contributed by atoms with E-state index in [1.54, 1.807) is 6.92 Å². The molecular formula is C24H22N2O3. The summed E-state index contributed by atoms with van der Waals surface area (Å²) in [4.78, 5) is 12.9. The van der Waals surface area contributed by atoms with Crippen LogP contribution in [0, 0.1) is 12.8 Å². The van der Waals surface area contributed by atoms with Gasteiger partial charge in [-0.15, -0.1) is 0 Å². The van der Waals surface area contributed by atoms with Gasteiger partial charge in [-0.25, -0.2) is 5.43 Å². The third kappa shape index (κ3) is 3.47. The second-order valence-corrected chi connectivity index (χ2v) is 7.39. The quantitative estimate of drug-likeness (QED) is 0.460. The maximum Gasteiger partial charge on any atom is 0.244 e. The largest absolute Gasteiger partial charge is 0.508 e. The summed E-state index contributed by atoms with van der Waals surface area (Å²) in [7, 11) is 0. The van der Waals surface area contributed by atoms with E-state index in [-0.39, 0.29) is 28.7 Å². The first kappa shape index (κ1) is 18.7. The van der Waals surface area contributed by atoms with E-state index in [1.165, 1.54) is 18.3 Å². The van der Waals surface area contributed by atoms with Gasteiger partial charge in [-0.2, -0.15) is 5.10 Å². The van der Waals surface area contributed by atoms with E-state index < -0.39 is 0 Å². The molecule has 5 nitrogen and oxygen atoms in total. The topological polar surface area (TPSA) is 81.9 Å². The number of hydrazone groups is 1. The molecule has 146 valence electrons. The molecule has 0 spiro atoms. The van der Waals surface area contributed by atoms with Gasteiger partial charge in [0, 0.05) is 17.0 Å². The molecule has 0 saturated heterocycles. The summed E-state index contributed by atoms with van der Waals surface area (Å²) in [5.41, 5.74) is 5.61. The molecule has 0 aliphatic heterocycles. The second-order valence-electron chi connectivity index (χ2n) is 7.39. The molecule has 4 rings (SSSR count). The van der Waals surface area contributed by atoms with Crippen molar-refractivity contribution in [1.29, 1.82) is 0 Å². The lowest BCUT2D eigenvalue weighted by Gasteiger charge is -2.18. The summed E-state index contributed by atoms with van der Waals surface area (Å²) in [6, 6.07) is 22.9. The molecule has 0 bridgehead atoms. The van der Waals surface area contributed by atoms with Crippen LogP contribution in [-0.2, 0) is 10.2 Å². The average Bonchev–Trinajstić information content (AvgIpc) is 3.48. The van der Waals surface area contributed by atoms with Crippen LogP contribution in [-0.4, -0.2) is 22.3 Å². The third-order valence-electron chi connectivity index (χ3n) is 5.57. The number of hydrogen-bond acceptors (Lipinski definition) is 4. The van der Waals surface area contributed by atoms with Gasteiger partial charge in [-0.05, 0) is 36.1 Å². The van der Waals surface area contributed by atoms with Gasteiger partial charge in [0.1, 0.15) is 11.5 Å². The standard InChI is InChI=1S/C24H22N2O3/c1-16-12-19(27)13-22(28)20(16)15-25-26-23(29)21-14-24(21,17-8-4-2-5-9-17)18-10-6-3-7-11-18/h2-13,15,21,27-28H,14H2,1H3,(H,26,29)/b25-15+/t21-/m0/s1. The Labute approximate surface area is 169 Å². The molecule has 1 fully saturated rings. The minimum absolute atomic E-state index is 0.0188. The average molecular weight is 386 g/mol. The Bertz CT molecular complexity index is 999. The molecule has 3 N–H and O–H groups in total. The molecule has 0 heterocycles. The van der Waals surface area contributed by atoms with Crippen molar-refractivity contribution in [2.24, 2.45) is 11.0 Å². The number of carbonyl (C=O) groups is 1. The summed E-state index contributed by atoms with van der Waals surface area (Å²) in [5, 5.41) is 23.5. The first-order valence-electron chi connectivity index (χ1n) is 9.49. The minimum Gasteiger partial charge on any atom is -0.508 e. The van der Waals surface area contributed by atoms with E-state index in [4.69, 9.17) is 0 Å². The first-order chi connectivity index (χ1) is 14.0. The number of hydrogen-bond donors (Lipinski definition) is 3. The normalized spacial score (nSPS) is 17.2. The van der Waals surface area contributed by atoms with E-state index >= 15 is 0 Å². The number of rotatable bonds is 5. The third-order valence-corrected chi connectivity index (χ3v) is 5.57. The highest BCUT2D eigenvalue weighted by Crippen LogP contribution is 2.58. The Morgan fingerprint density at radius 1 is 1.03 bits per heavy atom. The zero-order valence-corrected chi connectivity index (χ0v) is 16.0. The van der Waals surface area contributed by atoms with Crippen LogP contribution in [0.1, 0.15) is 28.7 Å². The highest BCUT2D eigenvalue weighted by atomic mass is 16.3. The number of nitrogens with zero attached hydrogens (tertiary/aromatic N) is 1. The number of carbonyl (C=O) groups excluding carboxylic acids is 1. The Balaban J connectivity index is 1.55. The van der Waals surface area contributed by atoms with E-state index in [0.29, 0.717) is 17.5 Å². The number of phenolic OH excluding ortho intramolecular Hbond substituents is 2. The molecule has 3 aromatic carbocycles. The van der Waals surface area contributed by atoms with Crippen LogP contribution >= 0.6 is 0 Å². The van der Waals surface area contributed by atoms with Crippen molar-refractivity contribution < 1.29 is 15.0 Å². The molecule has 1 aliphatic rings. The van der Waals surface area contributed by atoms with Gasteiger partial charge in [0.25, 0.3) is 0 Å². The maximum atomic E-state index is 12.9. The molecule has 1 amide bonds. The molecule has 1 atom stereocenters. The number of aromatic hydroxyl groups is 2. The Morgan fingerprint density at radius 2 is 1.62 bits per heavy atom. The first-order valence-corrected chi connectivity index (χ1v) is 9.49. The van der Waals surface area contributed by atoms with Crippen LogP contribution in [0.5, 0.6) is 11.5 Å². The van der Waals surface area contributed by atoms with Gasteiger partial charge in [0.05, 0.1) is 12.1 Å². The van der Waals surface area contributed by atoms with Crippen molar-refractivity contribution in [3.05, 3.63) is 95.1 Å². The molecule has 0 unspecified atom stereocenters. The second kappa shape index (κ2) is 7.43. The lowest BCUT2D eigenvalue weighted by Crippen LogP contribution is -2.25. The Morgan fingerprint density at radius 3 is 2.17 bits per heavy atom. The zero-order chi connectivity index (χ0) is 20.4. The molecule has 3 aromatic rings. The van der Waals surface area contributed by atoms with Gasteiger partial charge in [-0.3, -0.25) is 4.79 Å². The van der Waals surface area contributed by atoms with Crippen LogP contribution in [0.15, 0.2) is 77.9 Å². The number of amides is 1. The number of aryl methyl sites for hydroxylation is 1. The van der Waals surface area contributed by atoms with Crippen molar-refractivity contribution in [3.8, 4) is 11.5 Å². The maximum absolute atomic E-state index is 12.9.